The van der Waals surface area contributed by atoms with E-state index in [0.29, 0.717) is 11.1 Å². The van der Waals surface area contributed by atoms with Gasteiger partial charge in [-0.25, -0.2) is 4.79 Å². The van der Waals surface area contributed by atoms with Gasteiger partial charge in [-0.3, -0.25) is 4.79 Å². The highest BCUT2D eigenvalue weighted by Crippen LogP contribution is 2.23. The zero-order valence-corrected chi connectivity index (χ0v) is 10.4. The van der Waals surface area contributed by atoms with E-state index in [-0.39, 0.29) is 0 Å². The number of methoxy groups -OCH3 is 1. The summed E-state index contributed by atoms with van der Waals surface area (Å²) in [6.45, 7) is 5.25. The molecule has 0 aliphatic rings. The summed E-state index contributed by atoms with van der Waals surface area (Å²) in [6, 6.07) is 3.38. The van der Waals surface area contributed by atoms with Gasteiger partial charge in [-0.05, 0) is 43.5 Å². The lowest BCUT2D eigenvalue weighted by Crippen LogP contribution is -2.11. The van der Waals surface area contributed by atoms with Crippen molar-refractivity contribution in [2.45, 2.75) is 26.7 Å². The molecule has 0 aliphatic heterocycles. The quantitative estimate of drug-likeness (QED) is 0.818. The number of aliphatic carboxylic acids is 1. The fourth-order valence-corrected chi connectivity index (χ4v) is 1.60. The number of rotatable bonds is 3. The lowest BCUT2D eigenvalue weighted by Gasteiger charge is -2.13. The zero-order chi connectivity index (χ0) is 13.2. The van der Waals surface area contributed by atoms with Crippen LogP contribution in [0.1, 0.15) is 39.9 Å². The number of benzene rings is 1. The van der Waals surface area contributed by atoms with Gasteiger partial charge in [0.1, 0.15) is 0 Å². The Morgan fingerprint density at radius 3 is 2.35 bits per heavy atom. The fraction of sp³-hybridized carbons (Fsp3) is 0.385. The van der Waals surface area contributed by atoms with E-state index in [1.807, 2.05) is 13.8 Å². The summed E-state index contributed by atoms with van der Waals surface area (Å²) in [5, 5.41) is 8.97. The normalized spacial score (nSPS) is 12.0. The van der Waals surface area contributed by atoms with Crippen molar-refractivity contribution in [2.75, 3.05) is 7.11 Å². The monoisotopic (exact) mass is 236 g/mol. The predicted octanol–water partition coefficient (Wildman–Crippen LogP) is 2.28. The summed E-state index contributed by atoms with van der Waals surface area (Å²) in [4.78, 5) is 22.5. The van der Waals surface area contributed by atoms with Crippen LogP contribution in [0.3, 0.4) is 0 Å². The minimum absolute atomic E-state index is 0.426. The average Bonchev–Trinajstić information content (AvgIpc) is 2.30. The Morgan fingerprint density at radius 2 is 1.88 bits per heavy atom. The van der Waals surface area contributed by atoms with Gasteiger partial charge in [-0.1, -0.05) is 6.07 Å². The van der Waals surface area contributed by atoms with Crippen LogP contribution in [-0.2, 0) is 9.53 Å². The molecule has 0 spiro atoms. The minimum Gasteiger partial charge on any atom is -0.481 e. The molecule has 0 fully saturated rings. The summed E-state index contributed by atoms with van der Waals surface area (Å²) in [7, 11) is 1.31. The summed E-state index contributed by atoms with van der Waals surface area (Å²) in [5.74, 6) is -1.99. The summed E-state index contributed by atoms with van der Waals surface area (Å²) in [5.41, 5.74) is 2.74. The molecule has 0 aliphatic carbocycles. The van der Waals surface area contributed by atoms with Gasteiger partial charge in [-0.15, -0.1) is 0 Å². The smallest absolute Gasteiger partial charge is 0.338 e. The SMILES string of the molecule is COC(=O)c1cc(C(C)C(=O)O)cc(C)c1C. The van der Waals surface area contributed by atoms with Crippen molar-refractivity contribution in [3.63, 3.8) is 0 Å². The molecule has 17 heavy (non-hydrogen) atoms. The number of carbonyl (C=O) groups is 2. The van der Waals surface area contributed by atoms with Crippen molar-refractivity contribution in [3.05, 3.63) is 34.4 Å². The van der Waals surface area contributed by atoms with E-state index >= 15 is 0 Å². The second-order valence-electron chi connectivity index (χ2n) is 4.06. The molecule has 0 bridgehead atoms. The lowest BCUT2D eigenvalue weighted by molar-refractivity contribution is -0.138. The molecule has 0 saturated heterocycles. The van der Waals surface area contributed by atoms with E-state index in [1.54, 1.807) is 19.1 Å². The molecule has 92 valence electrons. The molecule has 1 rings (SSSR count). The van der Waals surface area contributed by atoms with Crippen LogP contribution in [0, 0.1) is 13.8 Å². The first kappa shape index (κ1) is 13.2. The van der Waals surface area contributed by atoms with Crippen LogP contribution in [0.2, 0.25) is 0 Å². The molecular weight excluding hydrogens is 220 g/mol. The predicted molar refractivity (Wildman–Crippen MR) is 63.3 cm³/mol. The minimum atomic E-state index is -0.913. The Morgan fingerprint density at radius 1 is 1.29 bits per heavy atom. The molecule has 0 amide bonds. The number of ether oxygens (including phenoxy) is 1. The molecule has 1 N–H and O–H groups in total. The first-order valence-electron chi connectivity index (χ1n) is 5.30. The summed E-state index contributed by atoms with van der Waals surface area (Å²) in [6.07, 6.45) is 0. The van der Waals surface area contributed by atoms with E-state index in [9.17, 15) is 9.59 Å². The Bertz CT molecular complexity index is 463. The van der Waals surface area contributed by atoms with E-state index in [1.165, 1.54) is 7.11 Å². The topological polar surface area (TPSA) is 63.6 Å². The maximum absolute atomic E-state index is 11.6. The number of aryl methyl sites for hydroxylation is 1. The third-order valence-electron chi connectivity index (χ3n) is 2.97. The van der Waals surface area contributed by atoms with Crippen molar-refractivity contribution in [1.82, 2.24) is 0 Å². The van der Waals surface area contributed by atoms with Gasteiger partial charge in [0.25, 0.3) is 0 Å². The number of carboxylic acid groups (broad SMARTS) is 1. The Kier molecular flexibility index (Phi) is 3.89. The van der Waals surface area contributed by atoms with Crippen LogP contribution in [0.5, 0.6) is 0 Å². The van der Waals surface area contributed by atoms with Gasteiger partial charge in [0.15, 0.2) is 0 Å². The van der Waals surface area contributed by atoms with Gasteiger partial charge in [0.05, 0.1) is 18.6 Å². The van der Waals surface area contributed by atoms with Crippen LogP contribution in [0.4, 0.5) is 0 Å². The van der Waals surface area contributed by atoms with Crippen LogP contribution < -0.4 is 0 Å². The molecule has 0 heterocycles. The van der Waals surface area contributed by atoms with Crippen LogP contribution in [0.25, 0.3) is 0 Å². The standard InChI is InChI=1S/C13H16O4/c1-7-5-10(9(3)12(14)15)6-11(8(7)2)13(16)17-4/h5-6,9H,1-4H3,(H,14,15). The first-order chi connectivity index (χ1) is 7.88. The molecule has 0 aromatic heterocycles. The van der Waals surface area contributed by atoms with Gasteiger partial charge in [-0.2, -0.15) is 0 Å². The highest BCUT2D eigenvalue weighted by molar-refractivity contribution is 5.92. The zero-order valence-electron chi connectivity index (χ0n) is 10.4. The second-order valence-corrected chi connectivity index (χ2v) is 4.06. The van der Waals surface area contributed by atoms with Gasteiger partial charge in [0, 0.05) is 0 Å². The molecule has 0 saturated carbocycles. The van der Waals surface area contributed by atoms with E-state index in [2.05, 4.69) is 4.74 Å². The molecule has 4 heteroatoms. The highest BCUT2D eigenvalue weighted by Gasteiger charge is 2.18. The Balaban J connectivity index is 3.33. The highest BCUT2D eigenvalue weighted by atomic mass is 16.5. The van der Waals surface area contributed by atoms with E-state index < -0.39 is 17.9 Å². The van der Waals surface area contributed by atoms with Crippen molar-refractivity contribution in [3.8, 4) is 0 Å². The van der Waals surface area contributed by atoms with E-state index in [0.717, 1.165) is 11.1 Å². The molecule has 1 unspecified atom stereocenters. The lowest BCUT2D eigenvalue weighted by atomic mass is 9.93. The average molecular weight is 236 g/mol. The number of hydrogen-bond donors (Lipinski definition) is 1. The molecule has 4 nitrogen and oxygen atoms in total. The number of hydrogen-bond acceptors (Lipinski definition) is 3. The van der Waals surface area contributed by atoms with Crippen LogP contribution >= 0.6 is 0 Å². The summed E-state index contributed by atoms with van der Waals surface area (Å²) >= 11 is 0. The van der Waals surface area contributed by atoms with Crippen molar-refractivity contribution >= 4 is 11.9 Å². The van der Waals surface area contributed by atoms with E-state index in [4.69, 9.17) is 5.11 Å². The Hall–Kier alpha value is -1.84. The molecular formula is C13H16O4. The number of carbonyl (C=O) groups excluding carboxylic acids is 1. The van der Waals surface area contributed by atoms with Crippen molar-refractivity contribution < 1.29 is 19.4 Å². The molecule has 1 atom stereocenters. The largest absolute Gasteiger partial charge is 0.481 e. The maximum Gasteiger partial charge on any atom is 0.338 e. The third-order valence-corrected chi connectivity index (χ3v) is 2.97. The number of esters is 1. The Labute approximate surface area is 100 Å². The second kappa shape index (κ2) is 4.99. The van der Waals surface area contributed by atoms with Crippen LogP contribution in [-0.4, -0.2) is 24.2 Å². The molecule has 1 aromatic rings. The van der Waals surface area contributed by atoms with Gasteiger partial charge < -0.3 is 9.84 Å². The summed E-state index contributed by atoms with van der Waals surface area (Å²) < 4.78 is 4.68. The van der Waals surface area contributed by atoms with Crippen molar-refractivity contribution in [1.29, 1.82) is 0 Å². The number of carboxylic acids is 1. The van der Waals surface area contributed by atoms with Gasteiger partial charge in [0.2, 0.25) is 0 Å². The van der Waals surface area contributed by atoms with Crippen LogP contribution in [0.15, 0.2) is 12.1 Å². The fourth-order valence-electron chi connectivity index (χ4n) is 1.60. The third kappa shape index (κ3) is 2.64. The maximum atomic E-state index is 11.6. The van der Waals surface area contributed by atoms with Gasteiger partial charge >= 0.3 is 11.9 Å². The first-order valence-corrected chi connectivity index (χ1v) is 5.30. The van der Waals surface area contributed by atoms with Crippen molar-refractivity contribution in [2.24, 2.45) is 0 Å². The molecule has 0 radical (unpaired) electrons. The molecule has 1 aromatic carbocycles.